The largest absolute Gasteiger partial charge is 0.508 e. The van der Waals surface area contributed by atoms with Crippen molar-refractivity contribution in [3.05, 3.63) is 82.9 Å². The number of allylic oxidation sites excluding steroid dienone is 1. The number of hydrogen-bond acceptors (Lipinski definition) is 10. The van der Waals surface area contributed by atoms with E-state index in [4.69, 9.17) is 18.9 Å². The van der Waals surface area contributed by atoms with Gasteiger partial charge in [0, 0.05) is 25.0 Å². The SMILES string of the molecule is CC(C)(C)OC(=O)CCC(CO)NC(=O)C1CCCN1C(=O)C1=CC2OCOC2C(OC(=O)c2ccccc2C=CCc2ccccc2O)C1. The van der Waals surface area contributed by atoms with Gasteiger partial charge in [0.1, 0.15) is 42.5 Å². The van der Waals surface area contributed by atoms with Crippen molar-refractivity contribution in [3.63, 3.8) is 0 Å². The van der Waals surface area contributed by atoms with Gasteiger partial charge in [0.2, 0.25) is 11.8 Å². The summed E-state index contributed by atoms with van der Waals surface area (Å²) < 4.78 is 22.8. The maximum Gasteiger partial charge on any atom is 0.339 e. The van der Waals surface area contributed by atoms with Crippen LogP contribution < -0.4 is 5.32 Å². The minimum Gasteiger partial charge on any atom is -0.508 e. The van der Waals surface area contributed by atoms with Crippen LogP contribution in [0.15, 0.2) is 66.3 Å². The number of phenolic OH excluding ortho intramolecular Hbond substituents is 1. The van der Waals surface area contributed by atoms with Crippen molar-refractivity contribution in [2.24, 2.45) is 0 Å². The van der Waals surface area contributed by atoms with Crippen molar-refractivity contribution in [2.75, 3.05) is 19.9 Å². The minimum atomic E-state index is -0.821. The van der Waals surface area contributed by atoms with E-state index in [9.17, 15) is 29.4 Å². The number of para-hydroxylation sites is 1. The smallest absolute Gasteiger partial charge is 0.339 e. The summed E-state index contributed by atoms with van der Waals surface area (Å²) >= 11 is 0. The first-order chi connectivity index (χ1) is 23.9. The Labute approximate surface area is 292 Å². The van der Waals surface area contributed by atoms with Gasteiger partial charge in [-0.2, -0.15) is 0 Å². The minimum absolute atomic E-state index is 0.0202. The van der Waals surface area contributed by atoms with Gasteiger partial charge < -0.3 is 39.4 Å². The van der Waals surface area contributed by atoms with Crippen LogP contribution in [0.2, 0.25) is 0 Å². The lowest BCUT2D eigenvalue weighted by Crippen LogP contribution is -2.51. The quantitative estimate of drug-likeness (QED) is 0.279. The van der Waals surface area contributed by atoms with Crippen molar-refractivity contribution in [1.29, 1.82) is 0 Å². The summed E-state index contributed by atoms with van der Waals surface area (Å²) in [6.45, 7) is 5.26. The van der Waals surface area contributed by atoms with Crippen LogP contribution in [0.25, 0.3) is 6.08 Å². The standard InChI is InChI=1S/C38H46N2O10/c1-38(2,3)50-33(43)18-17-27(22-41)39-35(44)29-15-9-19-40(29)36(45)26-20-31-34(48-23-47-31)32(21-26)49-37(46)28-14-6-4-10-24(28)12-8-13-25-11-5-7-16-30(25)42/h4-8,10-12,14,16,20,27,29,31-32,34,41-42H,9,13,15,17-19,21-23H2,1-3H3,(H,39,44). The molecule has 0 aromatic heterocycles. The number of aliphatic hydroxyl groups excluding tert-OH is 1. The van der Waals surface area contributed by atoms with Crippen LogP contribution in [0, 0.1) is 0 Å². The van der Waals surface area contributed by atoms with Gasteiger partial charge in [-0.1, -0.05) is 48.6 Å². The number of carbonyl (C=O) groups is 4. The van der Waals surface area contributed by atoms with Crippen molar-refractivity contribution in [1.82, 2.24) is 10.2 Å². The van der Waals surface area contributed by atoms with Gasteiger partial charge >= 0.3 is 11.9 Å². The Morgan fingerprint density at radius 3 is 2.60 bits per heavy atom. The van der Waals surface area contributed by atoms with Crippen LogP contribution in [0.5, 0.6) is 5.75 Å². The molecule has 0 bridgehead atoms. The number of likely N-dealkylation sites (tertiary alicyclic amines) is 1. The number of amides is 2. The number of ether oxygens (including phenoxy) is 4. The summed E-state index contributed by atoms with van der Waals surface area (Å²) in [6.07, 6.45) is 5.09. The molecule has 3 N–H and O–H groups in total. The van der Waals surface area contributed by atoms with Gasteiger partial charge in [-0.15, -0.1) is 0 Å². The molecule has 12 heteroatoms. The van der Waals surface area contributed by atoms with Crippen LogP contribution in [0.3, 0.4) is 0 Å². The van der Waals surface area contributed by atoms with Crippen molar-refractivity contribution in [3.8, 4) is 5.75 Å². The van der Waals surface area contributed by atoms with E-state index < -0.39 is 53.8 Å². The first-order valence-electron chi connectivity index (χ1n) is 17.0. The molecule has 0 radical (unpaired) electrons. The molecule has 12 nitrogen and oxygen atoms in total. The highest BCUT2D eigenvalue weighted by Gasteiger charge is 2.45. The number of carbonyl (C=O) groups excluding carboxylic acids is 4. The maximum atomic E-state index is 13.9. The maximum absolute atomic E-state index is 13.9. The monoisotopic (exact) mass is 690 g/mol. The van der Waals surface area contributed by atoms with E-state index in [1.165, 1.54) is 4.90 Å². The summed E-state index contributed by atoms with van der Waals surface area (Å²) in [7, 11) is 0. The van der Waals surface area contributed by atoms with Gasteiger partial charge in [0.15, 0.2) is 0 Å². The number of phenols is 1. The Hall–Kier alpha value is -4.52. The Balaban J connectivity index is 1.23. The highest BCUT2D eigenvalue weighted by atomic mass is 16.7. The number of esters is 2. The number of rotatable bonds is 12. The molecule has 5 atom stereocenters. The van der Waals surface area contributed by atoms with Crippen LogP contribution in [-0.2, 0) is 39.8 Å². The fourth-order valence-electron chi connectivity index (χ4n) is 6.40. The molecule has 5 unspecified atom stereocenters. The molecule has 0 spiro atoms. The molecule has 2 heterocycles. The number of hydrogen-bond donors (Lipinski definition) is 3. The van der Waals surface area contributed by atoms with E-state index >= 15 is 0 Å². The first kappa shape index (κ1) is 36.8. The lowest BCUT2D eigenvalue weighted by atomic mass is 9.91. The van der Waals surface area contributed by atoms with Crippen LogP contribution in [0.1, 0.15) is 74.4 Å². The molecular weight excluding hydrogens is 644 g/mol. The van der Waals surface area contributed by atoms with Gasteiger partial charge in [-0.25, -0.2) is 4.79 Å². The highest BCUT2D eigenvalue weighted by molar-refractivity contribution is 5.98. The molecular formula is C38H46N2O10. The van der Waals surface area contributed by atoms with Crippen molar-refractivity contribution in [2.45, 2.75) is 95.3 Å². The third-order valence-electron chi connectivity index (χ3n) is 8.84. The molecule has 2 aliphatic heterocycles. The fourth-order valence-corrected chi connectivity index (χ4v) is 6.40. The molecule has 2 aromatic rings. The summed E-state index contributed by atoms with van der Waals surface area (Å²) in [5.41, 5.74) is 1.43. The summed E-state index contributed by atoms with van der Waals surface area (Å²) in [6, 6.07) is 12.6. The van der Waals surface area contributed by atoms with Crippen LogP contribution in [-0.4, -0.2) is 94.8 Å². The zero-order chi connectivity index (χ0) is 35.8. The molecule has 2 amide bonds. The summed E-state index contributed by atoms with van der Waals surface area (Å²) in [5.74, 6) is -1.59. The lowest BCUT2D eigenvalue weighted by Gasteiger charge is -2.33. The Bertz CT molecular complexity index is 1610. The average Bonchev–Trinajstić information content (AvgIpc) is 3.77. The van der Waals surface area contributed by atoms with Gasteiger partial charge in [-0.3, -0.25) is 14.4 Å². The van der Waals surface area contributed by atoms with E-state index in [2.05, 4.69) is 5.32 Å². The zero-order valence-electron chi connectivity index (χ0n) is 28.7. The Morgan fingerprint density at radius 2 is 1.84 bits per heavy atom. The Kier molecular flexibility index (Phi) is 12.1. The number of nitrogens with one attached hydrogen (secondary N) is 1. The fraction of sp³-hybridized carbons (Fsp3) is 0.474. The normalized spacial score (nSPS) is 22.5. The first-order valence-corrected chi connectivity index (χ1v) is 17.0. The molecule has 5 rings (SSSR count). The molecule has 2 saturated heterocycles. The average molecular weight is 691 g/mol. The number of aromatic hydroxyl groups is 1. The molecule has 1 aliphatic carbocycles. The molecule has 0 saturated carbocycles. The third kappa shape index (κ3) is 9.38. The van der Waals surface area contributed by atoms with E-state index in [1.54, 1.807) is 63.3 Å². The third-order valence-corrected chi connectivity index (χ3v) is 8.84. The lowest BCUT2D eigenvalue weighted by molar-refractivity contribution is -0.155. The molecule has 2 aromatic carbocycles. The van der Waals surface area contributed by atoms with Gasteiger partial charge in [-0.05, 0) is 75.8 Å². The predicted octanol–water partition coefficient (Wildman–Crippen LogP) is 3.84. The van der Waals surface area contributed by atoms with Crippen LogP contribution >= 0.6 is 0 Å². The van der Waals surface area contributed by atoms with E-state index in [1.807, 2.05) is 24.3 Å². The van der Waals surface area contributed by atoms with Crippen LogP contribution in [0.4, 0.5) is 0 Å². The molecule has 50 heavy (non-hydrogen) atoms. The molecule has 268 valence electrons. The van der Waals surface area contributed by atoms with Crippen molar-refractivity contribution < 1.29 is 48.3 Å². The second-order valence-corrected chi connectivity index (χ2v) is 13.7. The Morgan fingerprint density at radius 1 is 1.08 bits per heavy atom. The van der Waals surface area contributed by atoms with Gasteiger partial charge in [0.25, 0.3) is 0 Å². The highest BCUT2D eigenvalue weighted by Crippen LogP contribution is 2.33. The second-order valence-electron chi connectivity index (χ2n) is 13.7. The summed E-state index contributed by atoms with van der Waals surface area (Å²) in [4.78, 5) is 54.5. The van der Waals surface area contributed by atoms with E-state index in [0.29, 0.717) is 42.5 Å². The topological polar surface area (TPSA) is 161 Å². The number of benzene rings is 2. The zero-order valence-corrected chi connectivity index (χ0v) is 28.7. The number of nitrogens with zero attached hydrogens (tertiary/aromatic N) is 1. The number of aliphatic hydroxyl groups is 1. The number of fused-ring (bicyclic) bond motifs is 1. The predicted molar refractivity (Wildman–Crippen MR) is 183 cm³/mol. The second kappa shape index (κ2) is 16.5. The van der Waals surface area contributed by atoms with E-state index in [-0.39, 0.29) is 44.3 Å². The van der Waals surface area contributed by atoms with Crippen molar-refractivity contribution >= 4 is 29.8 Å². The van der Waals surface area contributed by atoms with Gasteiger partial charge in [0.05, 0.1) is 18.2 Å². The van der Waals surface area contributed by atoms with E-state index in [0.717, 1.165) is 5.56 Å². The summed E-state index contributed by atoms with van der Waals surface area (Å²) in [5, 5.41) is 22.8. The molecule has 3 aliphatic rings. The molecule has 2 fully saturated rings.